The summed E-state index contributed by atoms with van der Waals surface area (Å²) < 4.78 is 10.4. The average Bonchev–Trinajstić information content (AvgIpc) is 2.74. The van der Waals surface area contributed by atoms with Crippen molar-refractivity contribution >= 4 is 17.3 Å². The first-order chi connectivity index (χ1) is 8.20. The van der Waals surface area contributed by atoms with Crippen LogP contribution in [0.2, 0.25) is 0 Å². The van der Waals surface area contributed by atoms with E-state index in [1.807, 2.05) is 6.92 Å². The van der Waals surface area contributed by atoms with E-state index in [1.54, 1.807) is 12.1 Å². The number of hydrogen-bond acceptors (Lipinski definition) is 4. The summed E-state index contributed by atoms with van der Waals surface area (Å²) in [6.07, 6.45) is 2.37. The summed E-state index contributed by atoms with van der Waals surface area (Å²) in [4.78, 5) is 11.6. The highest BCUT2D eigenvalue weighted by atomic mass is 16.7. The Kier molecular flexibility index (Phi) is 3.37. The van der Waals surface area contributed by atoms with Crippen molar-refractivity contribution in [2.24, 2.45) is 0 Å². The number of benzene rings is 1. The monoisotopic (exact) mass is 236 g/mol. The summed E-state index contributed by atoms with van der Waals surface area (Å²) in [6, 6.07) is 3.36. The molecule has 1 heterocycles. The normalized spacial score (nSPS) is 12.5. The predicted molar refractivity (Wildman–Crippen MR) is 65.1 cm³/mol. The topological polar surface area (TPSA) is 73.6 Å². The maximum Gasteiger partial charge on any atom is 0.231 e. The summed E-state index contributed by atoms with van der Waals surface area (Å²) >= 11 is 0. The number of nitrogens with one attached hydrogen (secondary N) is 1. The van der Waals surface area contributed by atoms with E-state index in [0.29, 0.717) is 29.3 Å². The van der Waals surface area contributed by atoms with E-state index in [2.05, 4.69) is 5.32 Å². The Hall–Kier alpha value is -1.91. The van der Waals surface area contributed by atoms with Crippen molar-refractivity contribution in [1.82, 2.24) is 0 Å². The van der Waals surface area contributed by atoms with Crippen LogP contribution in [0.5, 0.6) is 11.5 Å². The van der Waals surface area contributed by atoms with E-state index < -0.39 is 0 Å². The van der Waals surface area contributed by atoms with Gasteiger partial charge in [0, 0.05) is 18.6 Å². The Morgan fingerprint density at radius 2 is 2.12 bits per heavy atom. The van der Waals surface area contributed by atoms with Gasteiger partial charge in [-0.05, 0) is 6.42 Å². The number of anilines is 2. The van der Waals surface area contributed by atoms with Crippen molar-refractivity contribution in [2.75, 3.05) is 17.8 Å². The number of unbranched alkanes of at least 4 members (excludes halogenated alkanes) is 1. The molecule has 0 spiro atoms. The molecule has 92 valence electrons. The van der Waals surface area contributed by atoms with E-state index >= 15 is 0 Å². The van der Waals surface area contributed by atoms with Gasteiger partial charge in [-0.3, -0.25) is 4.79 Å². The number of hydrogen-bond donors (Lipinski definition) is 2. The molecule has 1 aliphatic rings. The van der Waals surface area contributed by atoms with Gasteiger partial charge >= 0.3 is 0 Å². The third-order valence-electron chi connectivity index (χ3n) is 2.58. The maximum absolute atomic E-state index is 11.6. The number of ether oxygens (including phenoxy) is 2. The van der Waals surface area contributed by atoms with Crippen LogP contribution >= 0.6 is 0 Å². The van der Waals surface area contributed by atoms with Crippen LogP contribution in [0.25, 0.3) is 0 Å². The Morgan fingerprint density at radius 1 is 1.41 bits per heavy atom. The molecule has 5 heteroatoms. The summed E-state index contributed by atoms with van der Waals surface area (Å²) in [6.45, 7) is 2.24. The molecule has 1 aromatic rings. The lowest BCUT2D eigenvalue weighted by atomic mass is 10.2. The first kappa shape index (κ1) is 11.6. The van der Waals surface area contributed by atoms with Gasteiger partial charge in [-0.2, -0.15) is 0 Å². The zero-order valence-electron chi connectivity index (χ0n) is 9.79. The molecular formula is C12H16N2O3. The van der Waals surface area contributed by atoms with Crippen LogP contribution in [-0.2, 0) is 4.79 Å². The quantitative estimate of drug-likeness (QED) is 0.785. The van der Waals surface area contributed by atoms with Crippen LogP contribution in [-0.4, -0.2) is 12.7 Å². The van der Waals surface area contributed by atoms with Gasteiger partial charge in [-0.25, -0.2) is 0 Å². The first-order valence-electron chi connectivity index (χ1n) is 5.69. The third-order valence-corrected chi connectivity index (χ3v) is 2.58. The highest BCUT2D eigenvalue weighted by molar-refractivity contribution is 5.94. The van der Waals surface area contributed by atoms with E-state index in [-0.39, 0.29) is 12.7 Å². The minimum absolute atomic E-state index is 0.0302. The zero-order chi connectivity index (χ0) is 12.3. The van der Waals surface area contributed by atoms with E-state index in [0.717, 1.165) is 12.8 Å². The molecule has 2 rings (SSSR count). The number of carbonyl (C=O) groups excluding carboxylic acids is 1. The van der Waals surface area contributed by atoms with Gasteiger partial charge in [0.25, 0.3) is 0 Å². The summed E-state index contributed by atoms with van der Waals surface area (Å²) in [5, 5.41) is 2.78. The van der Waals surface area contributed by atoms with Crippen LogP contribution in [0.15, 0.2) is 12.1 Å². The maximum atomic E-state index is 11.6. The second-order valence-corrected chi connectivity index (χ2v) is 3.94. The van der Waals surface area contributed by atoms with Gasteiger partial charge in [0.2, 0.25) is 12.7 Å². The first-order valence-corrected chi connectivity index (χ1v) is 5.69. The molecule has 5 nitrogen and oxygen atoms in total. The van der Waals surface area contributed by atoms with Crippen molar-refractivity contribution in [3.63, 3.8) is 0 Å². The molecule has 0 saturated heterocycles. The Labute approximate surface area is 99.9 Å². The fourth-order valence-corrected chi connectivity index (χ4v) is 1.62. The van der Waals surface area contributed by atoms with Gasteiger partial charge in [-0.1, -0.05) is 13.3 Å². The smallest absolute Gasteiger partial charge is 0.231 e. The summed E-state index contributed by atoms with van der Waals surface area (Å²) in [5.41, 5.74) is 6.88. The van der Waals surface area contributed by atoms with Crippen LogP contribution in [0.1, 0.15) is 26.2 Å². The molecule has 0 saturated carbocycles. The molecule has 3 N–H and O–H groups in total. The summed E-state index contributed by atoms with van der Waals surface area (Å²) in [7, 11) is 0. The average molecular weight is 236 g/mol. The Bertz CT molecular complexity index is 432. The predicted octanol–water partition coefficient (Wildman–Crippen LogP) is 2.13. The van der Waals surface area contributed by atoms with Crippen LogP contribution in [0, 0.1) is 0 Å². The molecule has 0 aromatic heterocycles. The number of fused-ring (bicyclic) bond motifs is 1. The fraction of sp³-hybridized carbons (Fsp3) is 0.417. The van der Waals surface area contributed by atoms with E-state index in [4.69, 9.17) is 15.2 Å². The number of nitrogens with two attached hydrogens (primary N) is 1. The van der Waals surface area contributed by atoms with Gasteiger partial charge in [0.15, 0.2) is 11.5 Å². The van der Waals surface area contributed by atoms with Gasteiger partial charge in [-0.15, -0.1) is 0 Å². The fourth-order valence-electron chi connectivity index (χ4n) is 1.62. The summed E-state index contributed by atoms with van der Waals surface area (Å²) in [5.74, 6) is 1.21. The second kappa shape index (κ2) is 4.95. The molecule has 0 bridgehead atoms. The number of carbonyl (C=O) groups is 1. The highest BCUT2D eigenvalue weighted by Crippen LogP contribution is 2.38. The minimum atomic E-state index is -0.0302. The molecule has 0 fully saturated rings. The van der Waals surface area contributed by atoms with E-state index in [1.165, 1.54) is 0 Å². The lowest BCUT2D eigenvalue weighted by Gasteiger charge is -2.09. The van der Waals surface area contributed by atoms with Crippen molar-refractivity contribution in [2.45, 2.75) is 26.2 Å². The van der Waals surface area contributed by atoms with Gasteiger partial charge < -0.3 is 20.5 Å². The highest BCUT2D eigenvalue weighted by Gasteiger charge is 2.16. The molecule has 0 aliphatic carbocycles. The molecule has 1 aromatic carbocycles. The van der Waals surface area contributed by atoms with Crippen molar-refractivity contribution in [1.29, 1.82) is 0 Å². The SMILES string of the molecule is CCCCC(=O)Nc1cc2c(cc1N)OCO2. The lowest BCUT2D eigenvalue weighted by molar-refractivity contribution is -0.116. The largest absolute Gasteiger partial charge is 0.454 e. The standard InChI is InChI=1S/C12H16N2O3/c1-2-3-4-12(15)14-9-6-11-10(5-8(9)13)16-7-17-11/h5-6H,2-4,7,13H2,1H3,(H,14,15). The number of nitrogen functional groups attached to an aromatic ring is 1. The molecule has 0 unspecified atom stereocenters. The van der Waals surface area contributed by atoms with Crippen molar-refractivity contribution < 1.29 is 14.3 Å². The van der Waals surface area contributed by atoms with Gasteiger partial charge in [0.1, 0.15) is 0 Å². The lowest BCUT2D eigenvalue weighted by Crippen LogP contribution is -2.12. The molecule has 0 radical (unpaired) electrons. The molecule has 1 amide bonds. The van der Waals surface area contributed by atoms with Crippen molar-refractivity contribution in [3.05, 3.63) is 12.1 Å². The van der Waals surface area contributed by atoms with E-state index in [9.17, 15) is 4.79 Å². The number of amides is 1. The zero-order valence-corrected chi connectivity index (χ0v) is 9.79. The van der Waals surface area contributed by atoms with Crippen LogP contribution < -0.4 is 20.5 Å². The third kappa shape index (κ3) is 2.61. The molecule has 1 aliphatic heterocycles. The molecular weight excluding hydrogens is 220 g/mol. The Balaban J connectivity index is 2.08. The van der Waals surface area contributed by atoms with Gasteiger partial charge in [0.05, 0.1) is 11.4 Å². The molecule has 17 heavy (non-hydrogen) atoms. The number of rotatable bonds is 4. The molecule has 0 atom stereocenters. The minimum Gasteiger partial charge on any atom is -0.454 e. The second-order valence-electron chi connectivity index (χ2n) is 3.94. The van der Waals surface area contributed by atoms with Crippen LogP contribution in [0.4, 0.5) is 11.4 Å². The van der Waals surface area contributed by atoms with Crippen molar-refractivity contribution in [3.8, 4) is 11.5 Å². The Morgan fingerprint density at radius 3 is 2.82 bits per heavy atom. The van der Waals surface area contributed by atoms with Crippen LogP contribution in [0.3, 0.4) is 0 Å².